The van der Waals surface area contributed by atoms with Gasteiger partial charge < -0.3 is 10.6 Å². The second-order valence-corrected chi connectivity index (χ2v) is 5.55. The number of alkyl halides is 3. The van der Waals surface area contributed by atoms with Crippen molar-refractivity contribution in [3.05, 3.63) is 35.4 Å². The van der Waals surface area contributed by atoms with Crippen molar-refractivity contribution in [3.8, 4) is 0 Å². The van der Waals surface area contributed by atoms with Crippen LogP contribution in [0.1, 0.15) is 30.0 Å². The van der Waals surface area contributed by atoms with Gasteiger partial charge in [0, 0.05) is 13.1 Å². The molecule has 1 saturated heterocycles. The highest BCUT2D eigenvalue weighted by atomic mass is 19.4. The molecule has 0 aromatic heterocycles. The highest BCUT2D eigenvalue weighted by molar-refractivity contribution is 5.83. The van der Waals surface area contributed by atoms with E-state index in [4.69, 9.17) is 5.73 Å². The van der Waals surface area contributed by atoms with Crippen molar-refractivity contribution < 1.29 is 18.0 Å². The number of halogens is 3. The van der Waals surface area contributed by atoms with Crippen LogP contribution in [-0.2, 0) is 4.79 Å². The summed E-state index contributed by atoms with van der Waals surface area (Å²) in [4.78, 5) is 13.5. The number of carbonyl (C=O) groups is 1. The van der Waals surface area contributed by atoms with E-state index in [2.05, 4.69) is 0 Å². The van der Waals surface area contributed by atoms with Crippen LogP contribution in [0.3, 0.4) is 0 Å². The van der Waals surface area contributed by atoms with Gasteiger partial charge in [-0.3, -0.25) is 4.79 Å². The molecule has 0 bridgehead atoms. The number of benzene rings is 1. The number of nitrogens with zero attached hydrogens (tertiary/aromatic N) is 1. The fraction of sp³-hybridized carbons (Fsp3) is 0.533. The molecule has 1 amide bonds. The molecule has 1 aliphatic heterocycles. The second kappa shape index (κ2) is 6.05. The van der Waals surface area contributed by atoms with Gasteiger partial charge in [0.1, 0.15) is 6.04 Å². The van der Waals surface area contributed by atoms with Crippen molar-refractivity contribution in [2.45, 2.75) is 32.0 Å². The minimum Gasteiger partial charge on any atom is -0.340 e. The summed E-state index contributed by atoms with van der Waals surface area (Å²) in [5.74, 6) is -1.88. The van der Waals surface area contributed by atoms with Gasteiger partial charge in [0.25, 0.3) is 0 Å². The van der Waals surface area contributed by atoms with Crippen molar-refractivity contribution in [1.29, 1.82) is 0 Å². The van der Waals surface area contributed by atoms with Crippen molar-refractivity contribution in [1.82, 2.24) is 4.90 Å². The number of nitrogens with two attached hydrogens (primary N) is 1. The number of hydrogen-bond acceptors (Lipinski definition) is 2. The lowest BCUT2D eigenvalue weighted by Crippen LogP contribution is -2.47. The Bertz CT molecular complexity index is 499. The molecule has 3 nitrogen and oxygen atoms in total. The maximum absolute atomic E-state index is 12.8. The molecule has 2 unspecified atom stereocenters. The molecule has 1 heterocycles. The molecule has 0 aliphatic carbocycles. The molecule has 1 fully saturated rings. The summed E-state index contributed by atoms with van der Waals surface area (Å²) >= 11 is 0. The summed E-state index contributed by atoms with van der Waals surface area (Å²) in [6.07, 6.45) is -3.82. The summed E-state index contributed by atoms with van der Waals surface area (Å²) in [5, 5.41) is 0. The zero-order valence-electron chi connectivity index (χ0n) is 11.9. The van der Waals surface area contributed by atoms with Gasteiger partial charge in [0.2, 0.25) is 5.91 Å². The van der Waals surface area contributed by atoms with Gasteiger partial charge in [-0.1, -0.05) is 29.8 Å². The van der Waals surface area contributed by atoms with Gasteiger partial charge in [-0.15, -0.1) is 0 Å². The Labute approximate surface area is 121 Å². The summed E-state index contributed by atoms with van der Waals surface area (Å²) < 4.78 is 38.3. The summed E-state index contributed by atoms with van der Waals surface area (Å²) in [6.45, 7) is 1.96. The third-order valence-corrected chi connectivity index (χ3v) is 3.90. The van der Waals surface area contributed by atoms with Crippen LogP contribution in [0.25, 0.3) is 0 Å². The van der Waals surface area contributed by atoms with E-state index < -0.39 is 24.0 Å². The molecule has 0 spiro atoms. The first-order chi connectivity index (χ1) is 9.79. The Morgan fingerprint density at radius 2 is 1.95 bits per heavy atom. The molecule has 1 aromatic rings. The molecule has 1 aliphatic rings. The van der Waals surface area contributed by atoms with E-state index in [1.54, 1.807) is 12.1 Å². The third-order valence-electron chi connectivity index (χ3n) is 3.90. The minimum atomic E-state index is -4.26. The molecular weight excluding hydrogens is 281 g/mol. The molecule has 1 aromatic carbocycles. The smallest absolute Gasteiger partial charge is 0.340 e. The monoisotopic (exact) mass is 300 g/mol. The molecule has 2 N–H and O–H groups in total. The molecule has 2 atom stereocenters. The van der Waals surface area contributed by atoms with Gasteiger partial charge in [-0.2, -0.15) is 13.2 Å². The standard InChI is InChI=1S/C15H19F3N2O/c1-10-4-6-11(7-5-10)13(19)14(21)20-8-2-3-12(9-20)15(16,17)18/h4-7,12-13H,2-3,8-9,19H2,1H3. The average Bonchev–Trinajstić information content (AvgIpc) is 2.46. The average molecular weight is 300 g/mol. The Balaban J connectivity index is 2.07. The Morgan fingerprint density at radius 3 is 2.52 bits per heavy atom. The highest BCUT2D eigenvalue weighted by Gasteiger charge is 2.43. The van der Waals surface area contributed by atoms with Crippen LogP contribution in [-0.4, -0.2) is 30.1 Å². The number of likely N-dealkylation sites (tertiary alicyclic amines) is 1. The van der Waals surface area contributed by atoms with E-state index >= 15 is 0 Å². The van der Waals surface area contributed by atoms with E-state index in [-0.39, 0.29) is 13.0 Å². The van der Waals surface area contributed by atoms with Crippen LogP contribution < -0.4 is 5.73 Å². The molecule has 0 saturated carbocycles. The molecule has 0 radical (unpaired) electrons. The topological polar surface area (TPSA) is 46.3 Å². The highest BCUT2D eigenvalue weighted by Crippen LogP contribution is 2.33. The van der Waals surface area contributed by atoms with Crippen molar-refractivity contribution in [2.75, 3.05) is 13.1 Å². The van der Waals surface area contributed by atoms with Crippen LogP contribution in [0, 0.1) is 12.8 Å². The Hall–Kier alpha value is -1.56. The van der Waals surface area contributed by atoms with Gasteiger partial charge >= 0.3 is 6.18 Å². The van der Waals surface area contributed by atoms with Gasteiger partial charge in [-0.25, -0.2) is 0 Å². The normalized spacial score (nSPS) is 21.2. The van der Waals surface area contributed by atoms with Crippen molar-refractivity contribution >= 4 is 5.91 Å². The number of piperidine rings is 1. The van der Waals surface area contributed by atoms with Crippen LogP contribution in [0.5, 0.6) is 0 Å². The van der Waals surface area contributed by atoms with Crippen LogP contribution in [0.2, 0.25) is 0 Å². The molecular formula is C15H19F3N2O. The number of rotatable bonds is 2. The summed E-state index contributed by atoms with van der Waals surface area (Å²) in [5.41, 5.74) is 7.56. The molecule has 116 valence electrons. The number of hydrogen-bond donors (Lipinski definition) is 1. The SMILES string of the molecule is Cc1ccc(C(N)C(=O)N2CCCC(C(F)(F)F)C2)cc1. The fourth-order valence-corrected chi connectivity index (χ4v) is 2.56. The van der Waals surface area contributed by atoms with E-state index in [0.29, 0.717) is 18.5 Å². The van der Waals surface area contributed by atoms with Crippen LogP contribution in [0.4, 0.5) is 13.2 Å². The third kappa shape index (κ3) is 3.75. The first kappa shape index (κ1) is 15.8. The maximum Gasteiger partial charge on any atom is 0.393 e. The predicted octanol–water partition coefficient (Wildman–Crippen LogP) is 2.80. The molecule has 2 rings (SSSR count). The van der Waals surface area contributed by atoms with E-state index in [9.17, 15) is 18.0 Å². The number of aryl methyl sites for hydroxylation is 1. The lowest BCUT2D eigenvalue weighted by molar-refractivity contribution is -0.188. The molecule has 21 heavy (non-hydrogen) atoms. The number of carbonyl (C=O) groups excluding carboxylic acids is 1. The second-order valence-electron chi connectivity index (χ2n) is 5.55. The fourth-order valence-electron chi connectivity index (χ4n) is 2.56. The first-order valence-corrected chi connectivity index (χ1v) is 6.96. The number of amides is 1. The lowest BCUT2D eigenvalue weighted by atomic mass is 9.96. The summed E-state index contributed by atoms with van der Waals surface area (Å²) in [7, 11) is 0. The van der Waals surface area contributed by atoms with E-state index in [1.165, 1.54) is 4.90 Å². The van der Waals surface area contributed by atoms with Crippen molar-refractivity contribution in [3.63, 3.8) is 0 Å². The van der Waals surface area contributed by atoms with Crippen molar-refractivity contribution in [2.24, 2.45) is 11.7 Å². The van der Waals surface area contributed by atoms with E-state index in [1.807, 2.05) is 19.1 Å². The summed E-state index contributed by atoms with van der Waals surface area (Å²) in [6, 6.07) is 6.23. The zero-order chi connectivity index (χ0) is 15.6. The first-order valence-electron chi connectivity index (χ1n) is 6.96. The lowest BCUT2D eigenvalue weighted by Gasteiger charge is -2.35. The Kier molecular flexibility index (Phi) is 4.56. The van der Waals surface area contributed by atoms with Gasteiger partial charge in [-0.05, 0) is 25.3 Å². The Morgan fingerprint density at radius 1 is 1.33 bits per heavy atom. The van der Waals surface area contributed by atoms with Gasteiger partial charge in [0.05, 0.1) is 5.92 Å². The van der Waals surface area contributed by atoms with E-state index in [0.717, 1.165) is 5.56 Å². The van der Waals surface area contributed by atoms with Crippen LogP contribution >= 0.6 is 0 Å². The van der Waals surface area contributed by atoms with Gasteiger partial charge in [0.15, 0.2) is 0 Å². The quantitative estimate of drug-likeness (QED) is 0.913. The maximum atomic E-state index is 12.8. The largest absolute Gasteiger partial charge is 0.393 e. The molecule has 6 heteroatoms. The minimum absolute atomic E-state index is 0.0764. The zero-order valence-corrected chi connectivity index (χ0v) is 11.9. The van der Waals surface area contributed by atoms with Crippen LogP contribution in [0.15, 0.2) is 24.3 Å². The predicted molar refractivity (Wildman–Crippen MR) is 73.5 cm³/mol.